The highest BCUT2D eigenvalue weighted by Gasteiger charge is 2.35. The SMILES string of the molecule is Cn1c2cc3c(cc2c2cc4ccccc4cc21)C(C)(C)c1ccccc1-3. The summed E-state index contributed by atoms with van der Waals surface area (Å²) in [4.78, 5) is 0. The second kappa shape index (κ2) is 4.80. The predicted molar refractivity (Wildman–Crippen MR) is 115 cm³/mol. The molecule has 0 fully saturated rings. The summed E-state index contributed by atoms with van der Waals surface area (Å²) in [5.74, 6) is 0. The van der Waals surface area contributed by atoms with E-state index in [0.29, 0.717) is 0 Å². The van der Waals surface area contributed by atoms with Crippen LogP contribution in [0.15, 0.2) is 72.8 Å². The Bertz CT molecular complexity index is 1400. The highest BCUT2D eigenvalue weighted by atomic mass is 14.9. The third-order valence-corrected chi connectivity index (χ3v) is 6.58. The molecule has 1 heteroatoms. The van der Waals surface area contributed by atoms with Crippen LogP contribution in [0.25, 0.3) is 43.7 Å². The van der Waals surface area contributed by atoms with Crippen LogP contribution in [0.4, 0.5) is 0 Å². The largest absolute Gasteiger partial charge is 0.344 e. The van der Waals surface area contributed by atoms with E-state index in [1.165, 1.54) is 54.8 Å². The molecule has 0 saturated carbocycles. The van der Waals surface area contributed by atoms with Gasteiger partial charge in [-0.3, -0.25) is 0 Å². The zero-order valence-corrected chi connectivity index (χ0v) is 15.9. The minimum Gasteiger partial charge on any atom is -0.344 e. The fourth-order valence-electron chi connectivity index (χ4n) is 5.08. The van der Waals surface area contributed by atoms with Gasteiger partial charge in [0.25, 0.3) is 0 Å². The number of hydrogen-bond donors (Lipinski definition) is 0. The average molecular weight is 347 g/mol. The highest BCUT2D eigenvalue weighted by Crippen LogP contribution is 2.50. The van der Waals surface area contributed by atoms with E-state index in [1.807, 2.05) is 0 Å². The first kappa shape index (κ1) is 15.0. The Kier molecular flexibility index (Phi) is 2.68. The van der Waals surface area contributed by atoms with Gasteiger partial charge in [-0.1, -0.05) is 62.4 Å². The molecule has 0 aliphatic heterocycles. The van der Waals surface area contributed by atoms with Crippen LogP contribution in [0.5, 0.6) is 0 Å². The molecule has 0 N–H and O–H groups in total. The Morgan fingerprint density at radius 3 is 2.07 bits per heavy atom. The number of hydrogen-bond acceptors (Lipinski definition) is 0. The average Bonchev–Trinajstić information content (AvgIpc) is 3.09. The van der Waals surface area contributed by atoms with Gasteiger partial charge in [0.05, 0.1) is 0 Å². The fourth-order valence-corrected chi connectivity index (χ4v) is 5.08. The molecule has 0 spiro atoms. The maximum absolute atomic E-state index is 2.45. The summed E-state index contributed by atoms with van der Waals surface area (Å²) in [5, 5.41) is 5.31. The molecule has 5 aromatic rings. The van der Waals surface area contributed by atoms with Crippen molar-refractivity contribution in [3.63, 3.8) is 0 Å². The van der Waals surface area contributed by atoms with E-state index in [4.69, 9.17) is 0 Å². The van der Waals surface area contributed by atoms with Gasteiger partial charge in [0.1, 0.15) is 0 Å². The van der Waals surface area contributed by atoms with E-state index >= 15 is 0 Å². The Morgan fingerprint density at radius 2 is 1.26 bits per heavy atom. The van der Waals surface area contributed by atoms with Gasteiger partial charge in [0, 0.05) is 34.3 Å². The first-order valence-corrected chi connectivity index (χ1v) is 9.61. The Labute approximate surface area is 158 Å². The first-order chi connectivity index (χ1) is 13.1. The molecule has 0 bridgehead atoms. The molecule has 1 heterocycles. The zero-order chi connectivity index (χ0) is 18.3. The summed E-state index contributed by atoms with van der Waals surface area (Å²) in [6.07, 6.45) is 0. The summed E-state index contributed by atoms with van der Waals surface area (Å²) in [6.45, 7) is 4.70. The number of aryl methyl sites for hydroxylation is 1. The van der Waals surface area contributed by atoms with E-state index in [-0.39, 0.29) is 5.41 Å². The van der Waals surface area contributed by atoms with E-state index < -0.39 is 0 Å². The Balaban J connectivity index is 1.79. The van der Waals surface area contributed by atoms with Crippen LogP contribution < -0.4 is 0 Å². The molecule has 130 valence electrons. The van der Waals surface area contributed by atoms with Gasteiger partial charge in [0.15, 0.2) is 0 Å². The third kappa shape index (κ3) is 1.79. The molecule has 1 aliphatic rings. The lowest BCUT2D eigenvalue weighted by Crippen LogP contribution is -2.14. The standard InChI is InChI=1S/C26H21N/c1-26(2)22-11-7-6-10-18(22)19-15-25-21(14-23(19)26)20-12-16-8-4-5-9-17(16)13-24(20)27(25)3/h4-15H,1-3H3. The van der Waals surface area contributed by atoms with Gasteiger partial charge in [-0.05, 0) is 57.3 Å². The van der Waals surface area contributed by atoms with E-state index in [1.54, 1.807) is 0 Å². The lowest BCUT2D eigenvalue weighted by atomic mass is 9.82. The van der Waals surface area contributed by atoms with E-state index in [9.17, 15) is 0 Å². The summed E-state index contributed by atoms with van der Waals surface area (Å²) < 4.78 is 2.35. The van der Waals surface area contributed by atoms with E-state index in [0.717, 1.165) is 0 Å². The molecule has 1 nitrogen and oxygen atoms in total. The quantitative estimate of drug-likeness (QED) is 0.290. The fraction of sp³-hybridized carbons (Fsp3) is 0.154. The van der Waals surface area contributed by atoms with Gasteiger partial charge in [-0.25, -0.2) is 0 Å². The van der Waals surface area contributed by atoms with Crippen molar-refractivity contribution in [2.45, 2.75) is 19.3 Å². The molecule has 0 unspecified atom stereocenters. The summed E-state index contributed by atoms with van der Waals surface area (Å²) in [6, 6.07) is 27.1. The van der Waals surface area contributed by atoms with Crippen molar-refractivity contribution < 1.29 is 0 Å². The van der Waals surface area contributed by atoms with Crippen LogP contribution in [-0.2, 0) is 12.5 Å². The molecule has 6 rings (SSSR count). The van der Waals surface area contributed by atoms with Gasteiger partial charge in [-0.15, -0.1) is 0 Å². The summed E-state index contributed by atoms with van der Waals surface area (Å²) >= 11 is 0. The molecule has 0 atom stereocenters. The maximum atomic E-state index is 2.45. The van der Waals surface area contributed by atoms with Crippen LogP contribution >= 0.6 is 0 Å². The van der Waals surface area contributed by atoms with Gasteiger partial charge < -0.3 is 4.57 Å². The van der Waals surface area contributed by atoms with Crippen molar-refractivity contribution in [1.29, 1.82) is 0 Å². The second-order valence-corrected chi connectivity index (χ2v) is 8.36. The highest BCUT2D eigenvalue weighted by molar-refractivity contribution is 6.14. The molecule has 27 heavy (non-hydrogen) atoms. The number of benzene rings is 4. The molecule has 1 aromatic heterocycles. The monoisotopic (exact) mass is 347 g/mol. The van der Waals surface area contributed by atoms with Crippen LogP contribution in [0.1, 0.15) is 25.0 Å². The topological polar surface area (TPSA) is 4.93 Å². The Hall–Kier alpha value is -3.06. The molecular weight excluding hydrogens is 326 g/mol. The van der Waals surface area contributed by atoms with E-state index in [2.05, 4.69) is 98.3 Å². The molecule has 4 aromatic carbocycles. The minimum absolute atomic E-state index is 0.0408. The predicted octanol–water partition coefficient (Wildman–Crippen LogP) is 6.79. The molecular formula is C26H21N. The molecule has 1 aliphatic carbocycles. The number of fused-ring (bicyclic) bond motifs is 7. The first-order valence-electron chi connectivity index (χ1n) is 9.61. The number of aromatic nitrogens is 1. The van der Waals surface area contributed by atoms with Gasteiger partial charge in [-0.2, -0.15) is 0 Å². The van der Waals surface area contributed by atoms with Crippen LogP contribution in [0, 0.1) is 0 Å². The van der Waals surface area contributed by atoms with Crippen LogP contribution in [-0.4, -0.2) is 4.57 Å². The van der Waals surface area contributed by atoms with Crippen molar-refractivity contribution in [2.24, 2.45) is 7.05 Å². The minimum atomic E-state index is 0.0408. The second-order valence-electron chi connectivity index (χ2n) is 8.36. The van der Waals surface area contributed by atoms with Crippen molar-refractivity contribution in [3.8, 4) is 11.1 Å². The molecule has 0 amide bonds. The third-order valence-electron chi connectivity index (χ3n) is 6.58. The number of nitrogens with zero attached hydrogens (tertiary/aromatic N) is 1. The van der Waals surface area contributed by atoms with Crippen LogP contribution in [0.3, 0.4) is 0 Å². The summed E-state index contributed by atoms with van der Waals surface area (Å²) in [5.41, 5.74) is 8.30. The lowest BCUT2D eigenvalue weighted by Gasteiger charge is -2.21. The van der Waals surface area contributed by atoms with Crippen molar-refractivity contribution in [3.05, 3.63) is 83.9 Å². The normalized spacial score (nSPS) is 14.8. The molecule has 0 saturated heterocycles. The van der Waals surface area contributed by atoms with Gasteiger partial charge >= 0.3 is 0 Å². The van der Waals surface area contributed by atoms with Gasteiger partial charge in [0.2, 0.25) is 0 Å². The number of rotatable bonds is 0. The van der Waals surface area contributed by atoms with Crippen molar-refractivity contribution >= 4 is 32.6 Å². The lowest BCUT2D eigenvalue weighted by molar-refractivity contribution is 0.661. The summed E-state index contributed by atoms with van der Waals surface area (Å²) in [7, 11) is 2.19. The van der Waals surface area contributed by atoms with Crippen LogP contribution in [0.2, 0.25) is 0 Å². The smallest absolute Gasteiger partial charge is 0.0495 e. The van der Waals surface area contributed by atoms with Crippen molar-refractivity contribution in [1.82, 2.24) is 4.57 Å². The zero-order valence-electron chi connectivity index (χ0n) is 15.9. The van der Waals surface area contributed by atoms with Crippen molar-refractivity contribution in [2.75, 3.05) is 0 Å². The maximum Gasteiger partial charge on any atom is 0.0495 e. The molecule has 0 radical (unpaired) electrons. The Morgan fingerprint density at radius 1 is 0.630 bits per heavy atom.